The number of carbonyl (C=O) groups is 3. The number of carbonyl (C=O) groups excluding carboxylic acids is 3. The zero-order chi connectivity index (χ0) is 28.3. The average molecular weight is 553 g/mol. The number of aliphatic hydroxyl groups excluding tert-OH is 1. The van der Waals surface area contributed by atoms with Crippen molar-refractivity contribution in [3.8, 4) is 11.5 Å². The van der Waals surface area contributed by atoms with Crippen LogP contribution >= 0.6 is 11.3 Å². The molecule has 1 aliphatic heterocycles. The molecular weight excluding hydrogens is 527 g/mol. The number of thiazole rings is 1. The monoisotopic (exact) mass is 552 g/mol. The van der Waals surface area contributed by atoms with Gasteiger partial charge >= 0.3 is 11.9 Å². The molecule has 0 bridgehead atoms. The number of hydrogen-bond donors (Lipinski definition) is 1. The molecule has 0 saturated carbocycles. The fourth-order valence-corrected chi connectivity index (χ4v) is 5.12. The molecule has 1 fully saturated rings. The highest BCUT2D eigenvalue weighted by Gasteiger charge is 2.48. The summed E-state index contributed by atoms with van der Waals surface area (Å²) in [7, 11) is 1.22. The lowest BCUT2D eigenvalue weighted by molar-refractivity contribution is -0.132. The molecular formula is C28H25FN2O7S. The van der Waals surface area contributed by atoms with Gasteiger partial charge in [0.25, 0.3) is 5.78 Å². The number of aliphatic hydroxyl groups is 1. The number of methoxy groups -OCH3 is 1. The molecule has 3 aromatic rings. The highest BCUT2D eigenvalue weighted by molar-refractivity contribution is 7.17. The van der Waals surface area contributed by atoms with E-state index in [-0.39, 0.29) is 27.8 Å². The maximum absolute atomic E-state index is 13.6. The van der Waals surface area contributed by atoms with Crippen LogP contribution in [-0.2, 0) is 14.3 Å². The Labute approximate surface area is 227 Å². The molecule has 1 N–H and O–H groups in total. The van der Waals surface area contributed by atoms with Gasteiger partial charge in [-0.15, -0.1) is 0 Å². The van der Waals surface area contributed by atoms with Crippen LogP contribution in [0.15, 0.2) is 60.7 Å². The molecule has 1 aliphatic rings. The van der Waals surface area contributed by atoms with E-state index in [1.807, 2.05) is 0 Å². The Kier molecular flexibility index (Phi) is 8.10. The van der Waals surface area contributed by atoms with Gasteiger partial charge < -0.3 is 19.3 Å². The van der Waals surface area contributed by atoms with Crippen LogP contribution in [0, 0.1) is 12.7 Å². The number of aromatic nitrogens is 1. The van der Waals surface area contributed by atoms with Crippen LogP contribution in [0.25, 0.3) is 5.76 Å². The lowest BCUT2D eigenvalue weighted by atomic mass is 9.95. The number of esters is 1. The molecule has 0 radical (unpaired) electrons. The minimum absolute atomic E-state index is 0.0584. The summed E-state index contributed by atoms with van der Waals surface area (Å²) in [4.78, 5) is 44.7. The summed E-state index contributed by atoms with van der Waals surface area (Å²) >= 11 is 0.880. The summed E-state index contributed by atoms with van der Waals surface area (Å²) in [6, 6.07) is 8.56. The highest BCUT2D eigenvalue weighted by atomic mass is 32.1. The fraction of sp³-hybridized carbons (Fsp3) is 0.214. The fourth-order valence-electron chi connectivity index (χ4n) is 4.11. The standard InChI is InChI=1S/C28H25FN2O7S/c1-5-13-38-19-12-9-17(14-20(19)37-6-2)22-21(23(32)16-7-10-18(29)11-8-16)24(33)26(34)31(22)28-30-15(3)25(39-28)27(35)36-4/h5,7-12,14,22,32H,1,6,13H2,2-4H3. The van der Waals surface area contributed by atoms with Gasteiger partial charge in [0.1, 0.15) is 23.1 Å². The number of hydrogen-bond acceptors (Lipinski definition) is 9. The number of nitrogens with zero attached hydrogens (tertiary/aromatic N) is 2. The maximum atomic E-state index is 13.6. The molecule has 1 atom stereocenters. The van der Waals surface area contributed by atoms with Gasteiger partial charge in [0.15, 0.2) is 16.6 Å². The van der Waals surface area contributed by atoms with E-state index in [2.05, 4.69) is 11.6 Å². The van der Waals surface area contributed by atoms with Gasteiger partial charge in [0.05, 0.1) is 31.0 Å². The normalized spacial score (nSPS) is 16.3. The van der Waals surface area contributed by atoms with Gasteiger partial charge in [0, 0.05) is 5.56 Å². The van der Waals surface area contributed by atoms with Crippen molar-refractivity contribution in [2.45, 2.75) is 19.9 Å². The van der Waals surface area contributed by atoms with Crippen molar-refractivity contribution in [2.75, 3.05) is 25.2 Å². The number of rotatable bonds is 9. The molecule has 4 rings (SSSR count). The third-order valence-corrected chi connectivity index (χ3v) is 7.00. The van der Waals surface area contributed by atoms with Crippen LogP contribution < -0.4 is 14.4 Å². The zero-order valence-electron chi connectivity index (χ0n) is 21.4. The molecule has 1 aromatic heterocycles. The van der Waals surface area contributed by atoms with Crippen molar-refractivity contribution in [1.82, 2.24) is 4.98 Å². The van der Waals surface area contributed by atoms with E-state index in [0.29, 0.717) is 29.4 Å². The summed E-state index contributed by atoms with van der Waals surface area (Å²) in [5, 5.41) is 11.3. The zero-order valence-corrected chi connectivity index (χ0v) is 22.2. The molecule has 1 unspecified atom stereocenters. The molecule has 0 spiro atoms. The number of aryl methyl sites for hydroxylation is 1. The summed E-state index contributed by atoms with van der Waals surface area (Å²) in [6.45, 7) is 7.53. The van der Waals surface area contributed by atoms with Crippen LogP contribution in [0.4, 0.5) is 9.52 Å². The van der Waals surface area contributed by atoms with Crippen LogP contribution in [0.1, 0.15) is 39.5 Å². The second-order valence-corrected chi connectivity index (χ2v) is 9.29. The van der Waals surface area contributed by atoms with Gasteiger partial charge in [-0.05, 0) is 55.8 Å². The molecule has 1 saturated heterocycles. The Morgan fingerprint density at radius 1 is 1.18 bits per heavy atom. The Morgan fingerprint density at radius 2 is 1.90 bits per heavy atom. The summed E-state index contributed by atoms with van der Waals surface area (Å²) < 4.78 is 29.8. The first-order valence-electron chi connectivity index (χ1n) is 11.8. The van der Waals surface area contributed by atoms with Crippen molar-refractivity contribution in [1.29, 1.82) is 0 Å². The number of Topliss-reactive ketones (excluding diaryl/α,β-unsaturated/α-hetero) is 1. The van der Waals surface area contributed by atoms with E-state index in [1.165, 1.54) is 19.2 Å². The van der Waals surface area contributed by atoms with Crippen molar-refractivity contribution >= 4 is 39.9 Å². The third-order valence-electron chi connectivity index (χ3n) is 5.86. The quantitative estimate of drug-likeness (QED) is 0.130. The first-order chi connectivity index (χ1) is 18.7. The van der Waals surface area contributed by atoms with Crippen molar-refractivity contribution < 1.29 is 38.1 Å². The predicted octanol–water partition coefficient (Wildman–Crippen LogP) is 4.97. The smallest absolute Gasteiger partial charge is 0.350 e. The maximum Gasteiger partial charge on any atom is 0.350 e. The number of ketones is 1. The number of amides is 1. The van der Waals surface area contributed by atoms with Crippen LogP contribution in [0.5, 0.6) is 11.5 Å². The molecule has 11 heteroatoms. The SMILES string of the molecule is C=CCOc1ccc(C2C(=C(O)c3ccc(F)cc3)C(=O)C(=O)N2c2nc(C)c(C(=O)OC)s2)cc1OCC. The van der Waals surface area contributed by atoms with Gasteiger partial charge in [-0.25, -0.2) is 14.2 Å². The van der Waals surface area contributed by atoms with E-state index < -0.39 is 35.3 Å². The third kappa shape index (κ3) is 5.26. The molecule has 9 nitrogen and oxygen atoms in total. The van der Waals surface area contributed by atoms with E-state index in [9.17, 15) is 23.9 Å². The molecule has 39 heavy (non-hydrogen) atoms. The molecule has 1 amide bonds. The minimum atomic E-state index is -1.15. The summed E-state index contributed by atoms with van der Waals surface area (Å²) in [5.41, 5.74) is 0.617. The van der Waals surface area contributed by atoms with Crippen molar-refractivity contribution in [3.05, 3.63) is 88.2 Å². The number of benzene rings is 2. The predicted molar refractivity (Wildman–Crippen MR) is 143 cm³/mol. The summed E-state index contributed by atoms with van der Waals surface area (Å²) in [6.07, 6.45) is 1.57. The van der Waals surface area contributed by atoms with E-state index in [0.717, 1.165) is 28.4 Å². The lowest BCUT2D eigenvalue weighted by Gasteiger charge is -2.24. The number of anilines is 1. The number of ether oxygens (including phenoxy) is 3. The first kappa shape index (κ1) is 27.5. The topological polar surface area (TPSA) is 115 Å². The van der Waals surface area contributed by atoms with Gasteiger partial charge in [-0.2, -0.15) is 0 Å². The molecule has 0 aliphatic carbocycles. The Balaban J connectivity index is 1.94. The van der Waals surface area contributed by atoms with Crippen LogP contribution in [0.2, 0.25) is 0 Å². The van der Waals surface area contributed by atoms with Crippen molar-refractivity contribution in [2.24, 2.45) is 0 Å². The van der Waals surface area contributed by atoms with Crippen LogP contribution in [-0.4, -0.2) is 48.1 Å². The van der Waals surface area contributed by atoms with Gasteiger partial charge in [-0.1, -0.05) is 30.1 Å². The highest BCUT2D eigenvalue weighted by Crippen LogP contribution is 2.45. The first-order valence-corrected chi connectivity index (χ1v) is 12.7. The number of halogens is 1. The lowest BCUT2D eigenvalue weighted by Crippen LogP contribution is -2.29. The van der Waals surface area contributed by atoms with E-state index in [1.54, 1.807) is 38.1 Å². The van der Waals surface area contributed by atoms with E-state index in [4.69, 9.17) is 14.2 Å². The molecule has 2 heterocycles. The average Bonchev–Trinajstić information content (AvgIpc) is 3.44. The van der Waals surface area contributed by atoms with Gasteiger partial charge in [0.2, 0.25) is 0 Å². The Hall–Kier alpha value is -4.51. The Morgan fingerprint density at radius 3 is 2.54 bits per heavy atom. The molecule has 2 aromatic carbocycles. The second-order valence-electron chi connectivity index (χ2n) is 8.32. The molecule has 202 valence electrons. The van der Waals surface area contributed by atoms with Crippen molar-refractivity contribution in [3.63, 3.8) is 0 Å². The minimum Gasteiger partial charge on any atom is -0.507 e. The Bertz CT molecular complexity index is 1480. The van der Waals surface area contributed by atoms with Gasteiger partial charge in [-0.3, -0.25) is 14.5 Å². The largest absolute Gasteiger partial charge is 0.507 e. The second kappa shape index (κ2) is 11.5. The van der Waals surface area contributed by atoms with E-state index >= 15 is 0 Å². The summed E-state index contributed by atoms with van der Waals surface area (Å²) in [5.74, 6) is -2.85. The van der Waals surface area contributed by atoms with Crippen LogP contribution in [0.3, 0.4) is 0 Å².